The summed E-state index contributed by atoms with van der Waals surface area (Å²) in [6.45, 7) is 2.06. The molecule has 5 nitrogen and oxygen atoms in total. The molecule has 0 heterocycles. The van der Waals surface area contributed by atoms with Crippen LogP contribution in [0.2, 0.25) is 0 Å². The Morgan fingerprint density at radius 1 is 1.41 bits per heavy atom. The zero-order chi connectivity index (χ0) is 12.8. The number of unbranched alkanes of at least 4 members (excludes halogenated alkanes) is 2. The average Bonchev–Trinajstić information content (AvgIpc) is 2.29. The monoisotopic (exact) mass is 237 g/mol. The van der Waals surface area contributed by atoms with Gasteiger partial charge in [-0.3, -0.25) is 10.1 Å². The SMILES string of the molecule is CCCCCc1ccc(C(=O)O)cc1[N+](=O)[O-]. The summed E-state index contributed by atoms with van der Waals surface area (Å²) in [6, 6.07) is 4.08. The summed E-state index contributed by atoms with van der Waals surface area (Å²) in [4.78, 5) is 21.0. The standard InChI is InChI=1S/C12H15NO4/c1-2-3-4-5-9-6-7-10(12(14)15)8-11(9)13(16)17/h6-8H,2-5H2,1H3,(H,14,15). The molecule has 1 rings (SSSR count). The summed E-state index contributed by atoms with van der Waals surface area (Å²) in [5.74, 6) is -1.15. The summed E-state index contributed by atoms with van der Waals surface area (Å²) in [6.07, 6.45) is 3.55. The van der Waals surface area contributed by atoms with Crippen LogP contribution in [-0.2, 0) is 6.42 Å². The van der Waals surface area contributed by atoms with Gasteiger partial charge in [0.05, 0.1) is 10.5 Å². The summed E-state index contributed by atoms with van der Waals surface area (Å²) < 4.78 is 0. The third kappa shape index (κ3) is 3.55. The van der Waals surface area contributed by atoms with Crippen LogP contribution in [0.25, 0.3) is 0 Å². The highest BCUT2D eigenvalue weighted by atomic mass is 16.6. The van der Waals surface area contributed by atoms with Gasteiger partial charge in [-0.2, -0.15) is 0 Å². The number of carboxylic acids is 1. The first-order chi connectivity index (χ1) is 8.06. The zero-order valence-electron chi connectivity index (χ0n) is 9.68. The van der Waals surface area contributed by atoms with Gasteiger partial charge in [0, 0.05) is 11.6 Å². The number of nitro groups is 1. The Kier molecular flexibility index (Phi) is 4.63. The fraction of sp³-hybridized carbons (Fsp3) is 0.417. The van der Waals surface area contributed by atoms with E-state index in [0.29, 0.717) is 12.0 Å². The van der Waals surface area contributed by atoms with E-state index in [9.17, 15) is 14.9 Å². The van der Waals surface area contributed by atoms with Gasteiger partial charge in [0.2, 0.25) is 0 Å². The highest BCUT2D eigenvalue weighted by molar-refractivity contribution is 5.88. The molecule has 0 amide bonds. The molecule has 0 unspecified atom stereocenters. The first-order valence-electron chi connectivity index (χ1n) is 5.57. The summed E-state index contributed by atoms with van der Waals surface area (Å²) in [5.41, 5.74) is 0.463. The summed E-state index contributed by atoms with van der Waals surface area (Å²) in [7, 11) is 0. The lowest BCUT2D eigenvalue weighted by Crippen LogP contribution is -2.01. The molecule has 0 fully saturated rings. The number of aromatic carboxylic acids is 1. The third-order valence-electron chi connectivity index (χ3n) is 2.58. The number of carboxylic acid groups (broad SMARTS) is 1. The van der Waals surface area contributed by atoms with Gasteiger partial charge in [-0.1, -0.05) is 25.8 Å². The molecule has 0 aliphatic carbocycles. The Bertz CT molecular complexity index is 429. The van der Waals surface area contributed by atoms with E-state index in [0.717, 1.165) is 25.3 Å². The van der Waals surface area contributed by atoms with Gasteiger partial charge in [-0.05, 0) is 18.9 Å². The van der Waals surface area contributed by atoms with Crippen LogP contribution in [0.3, 0.4) is 0 Å². The third-order valence-corrected chi connectivity index (χ3v) is 2.58. The molecule has 0 saturated heterocycles. The maximum atomic E-state index is 10.8. The Morgan fingerprint density at radius 3 is 2.65 bits per heavy atom. The smallest absolute Gasteiger partial charge is 0.335 e. The van der Waals surface area contributed by atoms with Crippen molar-refractivity contribution in [1.29, 1.82) is 0 Å². The molecule has 5 heteroatoms. The molecule has 0 atom stereocenters. The number of hydrogen-bond acceptors (Lipinski definition) is 3. The van der Waals surface area contributed by atoms with Crippen molar-refractivity contribution in [2.45, 2.75) is 32.6 Å². The first kappa shape index (κ1) is 13.2. The number of benzene rings is 1. The summed E-state index contributed by atoms with van der Waals surface area (Å²) in [5, 5.41) is 19.6. The maximum absolute atomic E-state index is 10.8. The molecular weight excluding hydrogens is 222 g/mol. The van der Waals surface area contributed by atoms with E-state index in [2.05, 4.69) is 6.92 Å². The molecule has 92 valence electrons. The molecule has 0 bridgehead atoms. The lowest BCUT2D eigenvalue weighted by molar-refractivity contribution is -0.385. The molecule has 1 aromatic rings. The van der Waals surface area contributed by atoms with Crippen molar-refractivity contribution in [1.82, 2.24) is 0 Å². The highest BCUT2D eigenvalue weighted by Gasteiger charge is 2.16. The van der Waals surface area contributed by atoms with Gasteiger partial charge >= 0.3 is 5.97 Å². The van der Waals surface area contributed by atoms with Crippen molar-refractivity contribution >= 4 is 11.7 Å². The average molecular weight is 237 g/mol. The van der Waals surface area contributed by atoms with Crippen LogP contribution < -0.4 is 0 Å². The molecule has 1 N–H and O–H groups in total. The molecule has 0 aliphatic rings. The molecule has 1 aromatic carbocycles. The van der Waals surface area contributed by atoms with E-state index in [1.165, 1.54) is 12.1 Å². The highest BCUT2D eigenvalue weighted by Crippen LogP contribution is 2.22. The van der Waals surface area contributed by atoms with Gasteiger partial charge in [0.1, 0.15) is 0 Å². The van der Waals surface area contributed by atoms with Crippen molar-refractivity contribution < 1.29 is 14.8 Å². The normalized spacial score (nSPS) is 10.2. The molecule has 0 spiro atoms. The number of carbonyl (C=O) groups is 1. The second kappa shape index (κ2) is 5.98. The van der Waals surface area contributed by atoms with Crippen molar-refractivity contribution in [2.75, 3.05) is 0 Å². The van der Waals surface area contributed by atoms with Crippen LogP contribution in [-0.4, -0.2) is 16.0 Å². The Balaban J connectivity index is 2.96. The van der Waals surface area contributed by atoms with Crippen LogP contribution in [0.5, 0.6) is 0 Å². The second-order valence-corrected chi connectivity index (χ2v) is 3.86. The number of nitro benzene ring substituents is 1. The van der Waals surface area contributed by atoms with Gasteiger partial charge in [0.15, 0.2) is 0 Å². The number of aryl methyl sites for hydroxylation is 1. The molecule has 0 radical (unpaired) electrons. The predicted octanol–water partition coefficient (Wildman–Crippen LogP) is 3.03. The quantitative estimate of drug-likeness (QED) is 0.468. The fourth-order valence-electron chi connectivity index (χ4n) is 1.64. The minimum atomic E-state index is -1.15. The fourth-order valence-corrected chi connectivity index (χ4v) is 1.64. The molecule has 17 heavy (non-hydrogen) atoms. The Hall–Kier alpha value is -1.91. The van der Waals surface area contributed by atoms with Crippen molar-refractivity contribution in [3.05, 3.63) is 39.4 Å². The van der Waals surface area contributed by atoms with Crippen LogP contribution >= 0.6 is 0 Å². The van der Waals surface area contributed by atoms with Crippen LogP contribution in [0, 0.1) is 10.1 Å². The Morgan fingerprint density at radius 2 is 2.12 bits per heavy atom. The molecule has 0 aromatic heterocycles. The van der Waals surface area contributed by atoms with Crippen molar-refractivity contribution in [3.63, 3.8) is 0 Å². The lowest BCUT2D eigenvalue weighted by atomic mass is 10.0. The topological polar surface area (TPSA) is 80.4 Å². The van der Waals surface area contributed by atoms with E-state index in [-0.39, 0.29) is 11.3 Å². The largest absolute Gasteiger partial charge is 0.478 e. The van der Waals surface area contributed by atoms with E-state index in [4.69, 9.17) is 5.11 Å². The number of rotatable bonds is 6. The van der Waals surface area contributed by atoms with Gasteiger partial charge in [0.25, 0.3) is 5.69 Å². The van der Waals surface area contributed by atoms with Gasteiger partial charge in [-0.25, -0.2) is 4.79 Å². The predicted molar refractivity (Wildman–Crippen MR) is 63.3 cm³/mol. The summed E-state index contributed by atoms with van der Waals surface area (Å²) >= 11 is 0. The first-order valence-corrected chi connectivity index (χ1v) is 5.57. The Labute approximate surface area is 99.2 Å². The number of hydrogen-bond donors (Lipinski definition) is 1. The molecular formula is C12H15NO4. The van der Waals surface area contributed by atoms with E-state index in [1.54, 1.807) is 0 Å². The molecule has 0 saturated carbocycles. The lowest BCUT2D eigenvalue weighted by Gasteiger charge is -2.03. The van der Waals surface area contributed by atoms with Crippen LogP contribution in [0.15, 0.2) is 18.2 Å². The van der Waals surface area contributed by atoms with Crippen LogP contribution in [0.1, 0.15) is 42.1 Å². The van der Waals surface area contributed by atoms with Crippen molar-refractivity contribution in [2.24, 2.45) is 0 Å². The van der Waals surface area contributed by atoms with E-state index in [1.807, 2.05) is 0 Å². The van der Waals surface area contributed by atoms with Crippen molar-refractivity contribution in [3.8, 4) is 0 Å². The minimum Gasteiger partial charge on any atom is -0.478 e. The maximum Gasteiger partial charge on any atom is 0.335 e. The van der Waals surface area contributed by atoms with Crippen LogP contribution in [0.4, 0.5) is 5.69 Å². The van der Waals surface area contributed by atoms with E-state index >= 15 is 0 Å². The van der Waals surface area contributed by atoms with E-state index < -0.39 is 10.9 Å². The minimum absolute atomic E-state index is 0.0454. The second-order valence-electron chi connectivity index (χ2n) is 3.86. The van der Waals surface area contributed by atoms with Gasteiger partial charge < -0.3 is 5.11 Å². The molecule has 0 aliphatic heterocycles. The number of nitrogens with zero attached hydrogens (tertiary/aromatic N) is 1. The van der Waals surface area contributed by atoms with Gasteiger partial charge in [-0.15, -0.1) is 0 Å². The zero-order valence-corrected chi connectivity index (χ0v) is 9.68.